The molecule has 0 saturated heterocycles. The number of fused-ring (bicyclic) bond motifs is 1. The fraction of sp³-hybridized carbons (Fsp3) is 0. The highest BCUT2D eigenvalue weighted by atomic mass is 16.3. The Hall–Kier alpha value is -1.75. The molecule has 1 heterocycles. The molecular formula is C9H4NO. The van der Waals surface area contributed by atoms with Gasteiger partial charge in [-0.25, -0.2) is 0 Å². The van der Waals surface area contributed by atoms with E-state index in [1.54, 1.807) is 18.4 Å². The third-order valence-electron chi connectivity index (χ3n) is 1.49. The smallest absolute Gasteiger partial charge is 0.135 e. The van der Waals surface area contributed by atoms with Crippen molar-refractivity contribution in [3.63, 3.8) is 0 Å². The summed E-state index contributed by atoms with van der Waals surface area (Å²) < 4.78 is 5.08. The van der Waals surface area contributed by atoms with Crippen LogP contribution in [0.1, 0.15) is 5.56 Å². The van der Waals surface area contributed by atoms with Crippen molar-refractivity contribution in [2.24, 2.45) is 0 Å². The number of benzene rings is 1. The molecule has 0 N–H and O–H groups in total. The van der Waals surface area contributed by atoms with Gasteiger partial charge in [-0.2, -0.15) is 5.26 Å². The van der Waals surface area contributed by atoms with Crippen molar-refractivity contribution >= 4 is 11.0 Å². The molecule has 0 amide bonds. The maximum absolute atomic E-state index is 8.52. The van der Waals surface area contributed by atoms with Crippen molar-refractivity contribution in [3.8, 4) is 6.07 Å². The predicted octanol–water partition coefficient (Wildman–Crippen LogP) is 2.10. The molecule has 0 aliphatic rings. The minimum Gasteiger partial charge on any atom is -0.464 e. The summed E-state index contributed by atoms with van der Waals surface area (Å²) in [6.07, 6.45) is 1.59. The van der Waals surface area contributed by atoms with Gasteiger partial charge in [0.2, 0.25) is 0 Å². The molecule has 0 spiro atoms. The lowest BCUT2D eigenvalue weighted by Crippen LogP contribution is -1.71. The second-order valence-corrected chi connectivity index (χ2v) is 2.20. The SMILES string of the molecule is N#Cc1c[c]c2ccoc2c1. The van der Waals surface area contributed by atoms with E-state index in [1.165, 1.54) is 0 Å². The maximum atomic E-state index is 8.52. The van der Waals surface area contributed by atoms with Gasteiger partial charge in [-0.1, -0.05) is 0 Å². The molecule has 1 aromatic carbocycles. The van der Waals surface area contributed by atoms with Gasteiger partial charge in [-0.15, -0.1) is 0 Å². The predicted molar refractivity (Wildman–Crippen MR) is 39.8 cm³/mol. The highest BCUT2D eigenvalue weighted by Gasteiger charge is 1.96. The Morgan fingerprint density at radius 1 is 1.55 bits per heavy atom. The lowest BCUT2D eigenvalue weighted by Gasteiger charge is -1.86. The summed E-state index contributed by atoms with van der Waals surface area (Å²) in [4.78, 5) is 0. The van der Waals surface area contributed by atoms with Gasteiger partial charge in [-0.3, -0.25) is 0 Å². The molecule has 1 aromatic heterocycles. The number of nitrogens with zero attached hydrogens (tertiary/aromatic N) is 1. The molecule has 2 aromatic rings. The second-order valence-electron chi connectivity index (χ2n) is 2.20. The van der Waals surface area contributed by atoms with Gasteiger partial charge in [0.25, 0.3) is 0 Å². The Kier molecular flexibility index (Phi) is 1.16. The largest absolute Gasteiger partial charge is 0.464 e. The van der Waals surface area contributed by atoms with E-state index < -0.39 is 0 Å². The zero-order chi connectivity index (χ0) is 7.68. The number of rotatable bonds is 0. The number of hydrogen-bond acceptors (Lipinski definition) is 2. The molecular weight excluding hydrogens is 138 g/mol. The molecule has 2 rings (SSSR count). The van der Waals surface area contributed by atoms with Gasteiger partial charge in [0.1, 0.15) is 5.58 Å². The molecule has 11 heavy (non-hydrogen) atoms. The van der Waals surface area contributed by atoms with Crippen LogP contribution in [-0.2, 0) is 0 Å². The lowest BCUT2D eigenvalue weighted by atomic mass is 10.2. The van der Waals surface area contributed by atoms with Crippen LogP contribution in [0.4, 0.5) is 0 Å². The van der Waals surface area contributed by atoms with Gasteiger partial charge < -0.3 is 4.42 Å². The minimum absolute atomic E-state index is 0.576. The van der Waals surface area contributed by atoms with E-state index in [2.05, 4.69) is 6.07 Å². The zero-order valence-corrected chi connectivity index (χ0v) is 5.66. The van der Waals surface area contributed by atoms with Crippen molar-refractivity contribution in [2.75, 3.05) is 0 Å². The Balaban J connectivity index is 2.79. The quantitative estimate of drug-likeness (QED) is 0.564. The third-order valence-corrected chi connectivity index (χ3v) is 1.49. The molecule has 51 valence electrons. The van der Waals surface area contributed by atoms with Crippen LogP contribution in [-0.4, -0.2) is 0 Å². The number of nitriles is 1. The van der Waals surface area contributed by atoms with Crippen molar-refractivity contribution in [3.05, 3.63) is 36.1 Å². The van der Waals surface area contributed by atoms with Gasteiger partial charge >= 0.3 is 0 Å². The molecule has 0 unspecified atom stereocenters. The van der Waals surface area contributed by atoms with E-state index in [-0.39, 0.29) is 0 Å². The normalized spacial score (nSPS) is 9.73. The van der Waals surface area contributed by atoms with Crippen molar-refractivity contribution in [2.45, 2.75) is 0 Å². The zero-order valence-electron chi connectivity index (χ0n) is 5.66. The molecule has 0 aliphatic heterocycles. The average molecular weight is 142 g/mol. The van der Waals surface area contributed by atoms with E-state index in [9.17, 15) is 0 Å². The van der Waals surface area contributed by atoms with E-state index in [0.29, 0.717) is 11.1 Å². The molecule has 1 radical (unpaired) electrons. The Morgan fingerprint density at radius 3 is 3.27 bits per heavy atom. The third kappa shape index (κ3) is 0.870. The Bertz CT molecular complexity index is 422. The van der Waals surface area contributed by atoms with Gasteiger partial charge in [0.05, 0.1) is 17.9 Å². The summed E-state index contributed by atoms with van der Waals surface area (Å²) in [5.74, 6) is 0. The summed E-state index contributed by atoms with van der Waals surface area (Å²) in [7, 11) is 0. The van der Waals surface area contributed by atoms with Crippen LogP contribution in [0.2, 0.25) is 0 Å². The first-order valence-corrected chi connectivity index (χ1v) is 3.19. The molecule has 0 fully saturated rings. The van der Waals surface area contributed by atoms with Crippen LogP contribution < -0.4 is 0 Å². The van der Waals surface area contributed by atoms with Gasteiger partial charge in [-0.05, 0) is 24.3 Å². The Morgan fingerprint density at radius 2 is 2.45 bits per heavy atom. The van der Waals surface area contributed by atoms with Crippen molar-refractivity contribution in [1.29, 1.82) is 5.26 Å². The van der Waals surface area contributed by atoms with Crippen LogP contribution in [0.5, 0.6) is 0 Å². The molecule has 2 heteroatoms. The summed E-state index contributed by atoms with van der Waals surface area (Å²) in [6, 6.07) is 10.1. The van der Waals surface area contributed by atoms with E-state index >= 15 is 0 Å². The van der Waals surface area contributed by atoms with Gasteiger partial charge in [0.15, 0.2) is 0 Å². The van der Waals surface area contributed by atoms with E-state index in [0.717, 1.165) is 5.39 Å². The van der Waals surface area contributed by atoms with E-state index in [4.69, 9.17) is 9.68 Å². The molecule has 0 aliphatic carbocycles. The number of hydrogen-bond donors (Lipinski definition) is 0. The first-order valence-electron chi connectivity index (χ1n) is 3.19. The molecule has 0 atom stereocenters. The average Bonchev–Trinajstić information content (AvgIpc) is 2.50. The van der Waals surface area contributed by atoms with Crippen LogP contribution in [0, 0.1) is 17.4 Å². The first kappa shape index (κ1) is 5.99. The molecule has 0 bridgehead atoms. The Labute approximate surface area is 63.7 Å². The summed E-state index contributed by atoms with van der Waals surface area (Å²) in [5.41, 5.74) is 1.29. The number of furan rings is 1. The fourth-order valence-corrected chi connectivity index (χ4v) is 0.955. The van der Waals surface area contributed by atoms with E-state index in [1.807, 2.05) is 12.1 Å². The van der Waals surface area contributed by atoms with Crippen molar-refractivity contribution < 1.29 is 4.42 Å². The van der Waals surface area contributed by atoms with Crippen LogP contribution in [0.25, 0.3) is 11.0 Å². The summed E-state index contributed by atoms with van der Waals surface area (Å²) in [6.45, 7) is 0. The maximum Gasteiger partial charge on any atom is 0.135 e. The van der Waals surface area contributed by atoms with Crippen LogP contribution in [0.3, 0.4) is 0 Å². The topological polar surface area (TPSA) is 36.9 Å². The van der Waals surface area contributed by atoms with Crippen LogP contribution >= 0.6 is 0 Å². The molecule has 2 nitrogen and oxygen atoms in total. The van der Waals surface area contributed by atoms with Gasteiger partial charge in [0, 0.05) is 5.39 Å². The monoisotopic (exact) mass is 142 g/mol. The van der Waals surface area contributed by atoms with Crippen molar-refractivity contribution in [1.82, 2.24) is 0 Å². The second kappa shape index (κ2) is 2.14. The highest BCUT2D eigenvalue weighted by molar-refractivity contribution is 5.77. The fourth-order valence-electron chi connectivity index (χ4n) is 0.955. The lowest BCUT2D eigenvalue weighted by molar-refractivity contribution is 0.616. The summed E-state index contributed by atoms with van der Waals surface area (Å²) in [5, 5.41) is 9.43. The first-order chi connectivity index (χ1) is 5.40. The molecule has 0 saturated carbocycles. The highest BCUT2D eigenvalue weighted by Crippen LogP contribution is 2.15. The standard InChI is InChI=1S/C9H4NO/c10-6-7-1-2-8-3-4-11-9(8)5-7/h1,3-5H. The minimum atomic E-state index is 0.576. The summed E-state index contributed by atoms with van der Waals surface area (Å²) >= 11 is 0. The van der Waals surface area contributed by atoms with Crippen LogP contribution in [0.15, 0.2) is 28.9 Å².